The molecule has 2 rings (SSSR count). The van der Waals surface area contributed by atoms with Gasteiger partial charge in [0.25, 0.3) is 0 Å². The van der Waals surface area contributed by atoms with Crippen LogP contribution in [0.25, 0.3) is 11.2 Å². The number of fused-ring (bicyclic) bond motifs is 1. The zero-order valence-electron chi connectivity index (χ0n) is 6.53. The molecule has 0 N–H and O–H groups in total. The molecule has 2 heterocycles. The number of hydrogen-bond acceptors (Lipinski definition) is 3. The summed E-state index contributed by atoms with van der Waals surface area (Å²) in [5.74, 6) is 0. The van der Waals surface area contributed by atoms with Crippen molar-refractivity contribution in [1.29, 1.82) is 0 Å². The predicted molar refractivity (Wildman–Crippen MR) is 46.0 cm³/mol. The Morgan fingerprint density at radius 1 is 1.50 bits per heavy atom. The van der Waals surface area contributed by atoms with Gasteiger partial charge in [-0.15, -0.1) is 10.2 Å². The van der Waals surface area contributed by atoms with E-state index in [0.29, 0.717) is 5.15 Å². The minimum Gasteiger partial charge on any atom is -0.314 e. The fourth-order valence-electron chi connectivity index (χ4n) is 1.07. The minimum atomic E-state index is 0.379. The number of hydrogen-bond donors (Lipinski definition) is 0. The molecule has 62 valence electrons. The van der Waals surface area contributed by atoms with Crippen LogP contribution in [0.4, 0.5) is 0 Å². The lowest BCUT2D eigenvalue weighted by atomic mass is 10.5. The van der Waals surface area contributed by atoms with Crippen LogP contribution in [0, 0.1) is 0 Å². The molecule has 2 aromatic rings. The van der Waals surface area contributed by atoms with Gasteiger partial charge in [-0.05, 0) is 6.92 Å². The smallest absolute Gasteiger partial charge is 0.182 e. The molecule has 0 unspecified atom stereocenters. The van der Waals surface area contributed by atoms with E-state index in [9.17, 15) is 0 Å². The topological polar surface area (TPSA) is 43.6 Å². The Morgan fingerprint density at radius 2 is 2.33 bits per heavy atom. The molecule has 4 nitrogen and oxygen atoms in total. The lowest BCUT2D eigenvalue weighted by molar-refractivity contribution is 0.771. The Morgan fingerprint density at radius 3 is 3.08 bits per heavy atom. The van der Waals surface area contributed by atoms with Gasteiger partial charge in [0.15, 0.2) is 10.8 Å². The molecule has 0 atom stereocenters. The summed E-state index contributed by atoms with van der Waals surface area (Å²) in [5.41, 5.74) is 1.57. The molecule has 0 aliphatic rings. The van der Waals surface area contributed by atoms with Crippen molar-refractivity contribution in [3.63, 3.8) is 0 Å². The lowest BCUT2D eigenvalue weighted by Gasteiger charge is -1.95. The number of rotatable bonds is 1. The molecule has 0 spiro atoms. The molecule has 0 bridgehead atoms. The Balaban J connectivity index is 2.73. The van der Waals surface area contributed by atoms with Crippen LogP contribution in [0.15, 0.2) is 12.4 Å². The molecule has 12 heavy (non-hydrogen) atoms. The summed E-state index contributed by atoms with van der Waals surface area (Å²) in [6, 6.07) is 1.70. The van der Waals surface area contributed by atoms with E-state index in [1.807, 2.05) is 11.5 Å². The number of aromatic nitrogens is 4. The highest BCUT2D eigenvalue weighted by atomic mass is 35.5. The Bertz CT molecular complexity index is 409. The van der Waals surface area contributed by atoms with Crippen LogP contribution in [0.1, 0.15) is 6.92 Å². The van der Waals surface area contributed by atoms with Crippen LogP contribution in [0.3, 0.4) is 0 Å². The van der Waals surface area contributed by atoms with Crippen molar-refractivity contribution in [3.05, 3.63) is 17.5 Å². The monoisotopic (exact) mass is 182 g/mol. The largest absolute Gasteiger partial charge is 0.314 e. The predicted octanol–water partition coefficient (Wildman–Crippen LogP) is 1.50. The van der Waals surface area contributed by atoms with E-state index in [4.69, 9.17) is 11.6 Å². The van der Waals surface area contributed by atoms with Gasteiger partial charge < -0.3 is 4.57 Å². The minimum absolute atomic E-state index is 0.379. The Kier molecular flexibility index (Phi) is 1.69. The van der Waals surface area contributed by atoms with E-state index in [2.05, 4.69) is 15.2 Å². The van der Waals surface area contributed by atoms with Crippen LogP contribution < -0.4 is 0 Å². The van der Waals surface area contributed by atoms with Crippen LogP contribution in [-0.2, 0) is 6.54 Å². The Labute approximate surface area is 74.2 Å². The SMILES string of the molecule is CCn1cnc2cc(Cl)nnc21. The average molecular weight is 183 g/mol. The molecule has 0 aromatic carbocycles. The third kappa shape index (κ3) is 1.04. The summed E-state index contributed by atoms with van der Waals surface area (Å²) in [5, 5.41) is 8.05. The van der Waals surface area contributed by atoms with E-state index < -0.39 is 0 Å². The van der Waals surface area contributed by atoms with Gasteiger partial charge in [0.05, 0.1) is 6.33 Å². The quantitative estimate of drug-likeness (QED) is 0.672. The van der Waals surface area contributed by atoms with Crippen LogP contribution in [-0.4, -0.2) is 19.7 Å². The summed E-state index contributed by atoms with van der Waals surface area (Å²) in [7, 11) is 0. The van der Waals surface area contributed by atoms with Crippen LogP contribution in [0.5, 0.6) is 0 Å². The van der Waals surface area contributed by atoms with Crippen LogP contribution >= 0.6 is 11.6 Å². The molecule has 0 fully saturated rings. The molecule has 0 aliphatic carbocycles. The van der Waals surface area contributed by atoms with Crippen molar-refractivity contribution >= 4 is 22.8 Å². The molecule has 0 aliphatic heterocycles. The average Bonchev–Trinajstić information content (AvgIpc) is 2.46. The second-order valence-corrected chi connectivity index (χ2v) is 2.79. The first-order chi connectivity index (χ1) is 5.81. The molecule has 5 heteroatoms. The summed E-state index contributed by atoms with van der Waals surface area (Å²) < 4.78 is 1.92. The zero-order chi connectivity index (χ0) is 8.55. The van der Waals surface area contributed by atoms with Gasteiger partial charge in [-0.1, -0.05) is 11.6 Å². The van der Waals surface area contributed by atoms with Gasteiger partial charge in [-0.2, -0.15) is 0 Å². The first-order valence-electron chi connectivity index (χ1n) is 3.65. The maximum absolute atomic E-state index is 5.65. The van der Waals surface area contributed by atoms with E-state index in [-0.39, 0.29) is 0 Å². The van der Waals surface area contributed by atoms with Crippen molar-refractivity contribution in [3.8, 4) is 0 Å². The first kappa shape index (κ1) is 7.49. The number of halogens is 1. The summed E-state index contributed by atoms with van der Waals surface area (Å²) in [4.78, 5) is 4.13. The van der Waals surface area contributed by atoms with Crippen molar-refractivity contribution in [1.82, 2.24) is 19.7 Å². The van der Waals surface area contributed by atoms with Crippen LogP contribution in [0.2, 0.25) is 5.15 Å². The van der Waals surface area contributed by atoms with Crippen molar-refractivity contribution < 1.29 is 0 Å². The van der Waals surface area contributed by atoms with Crippen molar-refractivity contribution in [2.45, 2.75) is 13.5 Å². The Hall–Kier alpha value is -1.16. The number of imidazole rings is 1. The lowest BCUT2D eigenvalue weighted by Crippen LogP contribution is -1.94. The fourth-order valence-corrected chi connectivity index (χ4v) is 1.21. The summed E-state index contributed by atoms with van der Waals surface area (Å²) >= 11 is 5.65. The fraction of sp³-hybridized carbons (Fsp3) is 0.286. The first-order valence-corrected chi connectivity index (χ1v) is 4.03. The normalized spacial score (nSPS) is 10.8. The van der Waals surface area contributed by atoms with Gasteiger partial charge in [-0.25, -0.2) is 4.98 Å². The highest BCUT2D eigenvalue weighted by molar-refractivity contribution is 6.29. The molecule has 2 aromatic heterocycles. The van der Waals surface area contributed by atoms with E-state index >= 15 is 0 Å². The van der Waals surface area contributed by atoms with E-state index in [1.165, 1.54) is 0 Å². The highest BCUT2D eigenvalue weighted by Gasteiger charge is 2.02. The third-order valence-electron chi connectivity index (χ3n) is 1.67. The number of nitrogens with zero attached hydrogens (tertiary/aromatic N) is 4. The molecular formula is C7H7ClN4. The van der Waals surface area contributed by atoms with Gasteiger partial charge in [0.1, 0.15) is 5.52 Å². The maximum atomic E-state index is 5.65. The van der Waals surface area contributed by atoms with Crippen molar-refractivity contribution in [2.24, 2.45) is 0 Å². The molecule has 0 radical (unpaired) electrons. The summed E-state index contributed by atoms with van der Waals surface area (Å²) in [6.45, 7) is 2.87. The van der Waals surface area contributed by atoms with E-state index in [1.54, 1.807) is 12.4 Å². The van der Waals surface area contributed by atoms with Gasteiger partial charge in [-0.3, -0.25) is 0 Å². The van der Waals surface area contributed by atoms with E-state index in [0.717, 1.165) is 17.7 Å². The third-order valence-corrected chi connectivity index (χ3v) is 1.86. The molecular weight excluding hydrogens is 176 g/mol. The molecule has 0 saturated heterocycles. The second-order valence-electron chi connectivity index (χ2n) is 2.41. The van der Waals surface area contributed by atoms with Gasteiger partial charge in [0, 0.05) is 12.6 Å². The summed E-state index contributed by atoms with van der Waals surface area (Å²) in [6.07, 6.45) is 1.73. The van der Waals surface area contributed by atoms with Gasteiger partial charge >= 0.3 is 0 Å². The molecule has 0 amide bonds. The zero-order valence-corrected chi connectivity index (χ0v) is 7.28. The maximum Gasteiger partial charge on any atom is 0.182 e. The van der Waals surface area contributed by atoms with Crippen molar-refractivity contribution in [2.75, 3.05) is 0 Å². The highest BCUT2D eigenvalue weighted by Crippen LogP contribution is 2.12. The number of aryl methyl sites for hydroxylation is 1. The van der Waals surface area contributed by atoms with Gasteiger partial charge in [0.2, 0.25) is 0 Å². The second kappa shape index (κ2) is 2.71. The molecule has 0 saturated carbocycles. The standard InChI is InChI=1S/C7H7ClN4/c1-2-12-4-9-5-3-6(8)10-11-7(5)12/h3-4H,2H2,1H3.